The fourth-order valence-electron chi connectivity index (χ4n) is 2.35. The number of carbonyl (C=O) groups excluding carboxylic acids is 1. The van der Waals surface area contributed by atoms with Crippen LogP contribution in [0.3, 0.4) is 0 Å². The highest BCUT2D eigenvalue weighted by molar-refractivity contribution is 5.93. The van der Waals surface area contributed by atoms with Crippen LogP contribution in [0, 0.1) is 0 Å². The second-order valence-corrected chi connectivity index (χ2v) is 4.85. The minimum absolute atomic E-state index is 0.123. The van der Waals surface area contributed by atoms with Gasteiger partial charge in [0.15, 0.2) is 0 Å². The molecule has 4 heteroatoms. The van der Waals surface area contributed by atoms with E-state index in [-0.39, 0.29) is 5.91 Å². The fourth-order valence-corrected chi connectivity index (χ4v) is 2.35. The largest absolute Gasteiger partial charge is 0.314 e. The Hall–Kier alpha value is -1.39. The third-order valence-corrected chi connectivity index (χ3v) is 3.54. The van der Waals surface area contributed by atoms with E-state index >= 15 is 0 Å². The zero-order valence-corrected chi connectivity index (χ0v) is 11.1. The molecule has 0 spiro atoms. The average molecular weight is 248 g/mol. The van der Waals surface area contributed by atoms with E-state index in [1.54, 1.807) is 7.05 Å². The highest BCUT2D eigenvalue weighted by atomic mass is 16.7. The fraction of sp³-hybridized carbons (Fsp3) is 0.500. The summed E-state index contributed by atoms with van der Waals surface area (Å²) in [5, 5.41) is 4.67. The van der Waals surface area contributed by atoms with Gasteiger partial charge in [0.05, 0.1) is 7.11 Å². The van der Waals surface area contributed by atoms with Gasteiger partial charge in [-0.25, -0.2) is 5.06 Å². The maximum atomic E-state index is 11.8. The van der Waals surface area contributed by atoms with Crippen molar-refractivity contribution < 1.29 is 9.63 Å². The Balaban J connectivity index is 2.08. The van der Waals surface area contributed by atoms with Crippen LogP contribution >= 0.6 is 0 Å². The lowest BCUT2D eigenvalue weighted by Gasteiger charge is -2.14. The van der Waals surface area contributed by atoms with Crippen LogP contribution in [0.2, 0.25) is 0 Å². The molecule has 4 nitrogen and oxygen atoms in total. The van der Waals surface area contributed by atoms with E-state index < -0.39 is 0 Å². The summed E-state index contributed by atoms with van der Waals surface area (Å²) in [6, 6.07) is 8.41. The molecule has 1 aromatic rings. The van der Waals surface area contributed by atoms with Gasteiger partial charge in [0, 0.05) is 25.2 Å². The second kappa shape index (κ2) is 5.50. The monoisotopic (exact) mass is 248 g/mol. The molecule has 2 atom stereocenters. The number of nitrogens with one attached hydrogen (secondary N) is 1. The van der Waals surface area contributed by atoms with Crippen molar-refractivity contribution in [3.8, 4) is 0 Å². The van der Waals surface area contributed by atoms with Crippen LogP contribution in [0.5, 0.6) is 0 Å². The zero-order chi connectivity index (χ0) is 13.1. The number of nitrogens with zero attached hydrogens (tertiary/aromatic N) is 1. The molecule has 1 saturated heterocycles. The van der Waals surface area contributed by atoms with Gasteiger partial charge in [0.2, 0.25) is 0 Å². The van der Waals surface area contributed by atoms with Crippen molar-refractivity contribution in [3.05, 3.63) is 35.4 Å². The van der Waals surface area contributed by atoms with Crippen molar-refractivity contribution in [2.45, 2.75) is 25.3 Å². The maximum absolute atomic E-state index is 11.8. The zero-order valence-electron chi connectivity index (χ0n) is 11.1. The molecule has 0 saturated carbocycles. The molecule has 98 valence electrons. The summed E-state index contributed by atoms with van der Waals surface area (Å²) in [5.41, 5.74) is 1.95. The van der Waals surface area contributed by atoms with Gasteiger partial charge in [0.1, 0.15) is 0 Å². The van der Waals surface area contributed by atoms with Crippen LogP contribution < -0.4 is 5.32 Å². The molecule has 1 aliphatic rings. The van der Waals surface area contributed by atoms with Crippen molar-refractivity contribution in [2.75, 3.05) is 20.7 Å². The molecule has 1 amide bonds. The molecular weight excluding hydrogens is 228 g/mol. The van der Waals surface area contributed by atoms with E-state index in [9.17, 15) is 4.79 Å². The summed E-state index contributed by atoms with van der Waals surface area (Å²) in [7, 11) is 3.09. The molecule has 0 radical (unpaired) electrons. The summed E-state index contributed by atoms with van der Waals surface area (Å²) in [6.07, 6.45) is 1.16. The first-order chi connectivity index (χ1) is 8.61. The summed E-state index contributed by atoms with van der Waals surface area (Å²) < 4.78 is 0. The summed E-state index contributed by atoms with van der Waals surface area (Å²) in [4.78, 5) is 16.7. The highest BCUT2D eigenvalue weighted by Gasteiger charge is 2.22. The van der Waals surface area contributed by atoms with E-state index in [1.165, 1.54) is 17.7 Å². The molecule has 0 bridgehead atoms. The molecular formula is C14H20N2O2. The van der Waals surface area contributed by atoms with Crippen molar-refractivity contribution >= 4 is 5.91 Å². The molecule has 1 heterocycles. The van der Waals surface area contributed by atoms with Crippen LogP contribution in [0.4, 0.5) is 0 Å². The molecule has 0 aliphatic carbocycles. The Labute approximate surface area is 108 Å². The van der Waals surface area contributed by atoms with Crippen molar-refractivity contribution in [1.29, 1.82) is 0 Å². The number of rotatable bonds is 3. The van der Waals surface area contributed by atoms with Crippen molar-refractivity contribution in [1.82, 2.24) is 10.4 Å². The van der Waals surface area contributed by atoms with Gasteiger partial charge < -0.3 is 5.32 Å². The van der Waals surface area contributed by atoms with Crippen LogP contribution in [0.15, 0.2) is 24.3 Å². The molecule has 1 fully saturated rings. The second-order valence-electron chi connectivity index (χ2n) is 4.85. The van der Waals surface area contributed by atoms with E-state index in [1.807, 2.05) is 24.3 Å². The molecule has 2 rings (SSSR count). The predicted octanol–water partition coefficient (Wildman–Crippen LogP) is 1.79. The van der Waals surface area contributed by atoms with Gasteiger partial charge in [-0.1, -0.05) is 12.1 Å². The summed E-state index contributed by atoms with van der Waals surface area (Å²) >= 11 is 0. The number of amides is 1. The summed E-state index contributed by atoms with van der Waals surface area (Å²) in [6.45, 7) is 3.22. The van der Waals surface area contributed by atoms with Gasteiger partial charge >= 0.3 is 0 Å². The Morgan fingerprint density at radius 1 is 1.39 bits per heavy atom. The first-order valence-electron chi connectivity index (χ1n) is 6.27. The van der Waals surface area contributed by atoms with Crippen LogP contribution in [-0.4, -0.2) is 37.7 Å². The number of hydrogen-bond acceptors (Lipinski definition) is 3. The average Bonchev–Trinajstić information content (AvgIpc) is 2.84. The van der Waals surface area contributed by atoms with Gasteiger partial charge in [0.25, 0.3) is 5.91 Å². The van der Waals surface area contributed by atoms with E-state index in [2.05, 4.69) is 12.2 Å². The van der Waals surface area contributed by atoms with E-state index in [0.717, 1.165) is 13.0 Å². The predicted molar refractivity (Wildman–Crippen MR) is 70.4 cm³/mol. The van der Waals surface area contributed by atoms with Gasteiger partial charge in [-0.15, -0.1) is 0 Å². The smallest absolute Gasteiger partial charge is 0.277 e. The SMILES string of the molecule is CON(C)C(=O)c1ccc([C@H]2CN[C@@H](C)C2)cc1. The number of hydrogen-bond donors (Lipinski definition) is 1. The molecule has 1 aliphatic heterocycles. The number of carbonyl (C=O) groups is 1. The minimum atomic E-state index is -0.123. The lowest BCUT2D eigenvalue weighted by molar-refractivity contribution is -0.0757. The highest BCUT2D eigenvalue weighted by Crippen LogP contribution is 2.25. The van der Waals surface area contributed by atoms with Gasteiger partial charge in [-0.2, -0.15) is 0 Å². The first kappa shape index (κ1) is 13.1. The first-order valence-corrected chi connectivity index (χ1v) is 6.27. The molecule has 0 aromatic heterocycles. The Morgan fingerprint density at radius 3 is 2.56 bits per heavy atom. The third-order valence-electron chi connectivity index (χ3n) is 3.54. The van der Waals surface area contributed by atoms with Crippen LogP contribution in [0.25, 0.3) is 0 Å². The molecule has 1 N–H and O–H groups in total. The Kier molecular flexibility index (Phi) is 3.99. The topological polar surface area (TPSA) is 41.6 Å². The van der Waals surface area contributed by atoms with Crippen molar-refractivity contribution in [3.63, 3.8) is 0 Å². The normalized spacial score (nSPS) is 23.1. The van der Waals surface area contributed by atoms with E-state index in [4.69, 9.17) is 4.84 Å². The number of benzene rings is 1. The number of hydroxylamine groups is 2. The standard InChI is InChI=1S/C14H20N2O2/c1-10-8-13(9-15-10)11-4-6-12(7-5-11)14(17)16(2)18-3/h4-7,10,13,15H,8-9H2,1-3H3/t10-,13+/m0/s1. The minimum Gasteiger partial charge on any atom is -0.314 e. The molecule has 0 unspecified atom stereocenters. The van der Waals surface area contributed by atoms with Crippen molar-refractivity contribution in [2.24, 2.45) is 0 Å². The van der Waals surface area contributed by atoms with E-state index in [0.29, 0.717) is 17.5 Å². The lowest BCUT2D eigenvalue weighted by atomic mass is 9.95. The Bertz CT molecular complexity index is 416. The third kappa shape index (κ3) is 2.71. The van der Waals surface area contributed by atoms with Crippen LogP contribution in [-0.2, 0) is 4.84 Å². The van der Waals surface area contributed by atoms with Crippen LogP contribution in [0.1, 0.15) is 35.2 Å². The molecule has 18 heavy (non-hydrogen) atoms. The lowest BCUT2D eigenvalue weighted by Crippen LogP contribution is -2.25. The summed E-state index contributed by atoms with van der Waals surface area (Å²) in [5.74, 6) is 0.436. The Morgan fingerprint density at radius 2 is 2.06 bits per heavy atom. The quantitative estimate of drug-likeness (QED) is 0.829. The van der Waals surface area contributed by atoms with Gasteiger partial charge in [-0.05, 0) is 37.0 Å². The molecule has 1 aromatic carbocycles. The maximum Gasteiger partial charge on any atom is 0.277 e. The van der Waals surface area contributed by atoms with Gasteiger partial charge in [-0.3, -0.25) is 9.63 Å².